The van der Waals surface area contributed by atoms with Gasteiger partial charge in [-0.25, -0.2) is 9.97 Å². The number of furan rings is 1. The second-order valence-electron chi connectivity index (χ2n) is 6.61. The van der Waals surface area contributed by atoms with Crippen molar-refractivity contribution in [2.45, 2.75) is 38.6 Å². The average molecular weight is 324 g/mol. The minimum atomic E-state index is 0.453. The van der Waals surface area contributed by atoms with E-state index in [1.54, 1.807) is 6.33 Å². The summed E-state index contributed by atoms with van der Waals surface area (Å²) < 4.78 is 6.00. The number of rotatable bonds is 5. The molecule has 0 aliphatic carbocycles. The molecule has 0 saturated carbocycles. The highest BCUT2D eigenvalue weighted by molar-refractivity contribution is 6.05. The Morgan fingerprint density at radius 1 is 1.21 bits per heavy atom. The molecular weight excluding hydrogens is 300 g/mol. The van der Waals surface area contributed by atoms with Crippen molar-refractivity contribution in [1.82, 2.24) is 14.9 Å². The standard InChI is InChI=1S/C19H24N4O/c1-2-3-10-23-11-8-14(9-12-23)22-19-18-17(20-13-21-19)15-6-4-5-7-16(15)24-18/h4-7,13-14H,2-3,8-12H2,1H3,(H,20,21,22). The highest BCUT2D eigenvalue weighted by Crippen LogP contribution is 2.31. The van der Waals surface area contributed by atoms with Crippen LogP contribution in [0.3, 0.4) is 0 Å². The van der Waals surface area contributed by atoms with E-state index < -0.39 is 0 Å². The smallest absolute Gasteiger partial charge is 0.196 e. The highest BCUT2D eigenvalue weighted by atomic mass is 16.3. The molecule has 3 heterocycles. The lowest BCUT2D eigenvalue weighted by Crippen LogP contribution is -2.39. The van der Waals surface area contributed by atoms with Gasteiger partial charge in [0.05, 0.1) is 0 Å². The molecule has 0 radical (unpaired) electrons. The second kappa shape index (κ2) is 6.77. The Kier molecular flexibility index (Phi) is 4.34. The predicted molar refractivity (Wildman–Crippen MR) is 97.3 cm³/mol. The molecular formula is C19H24N4O. The van der Waals surface area contributed by atoms with Crippen molar-refractivity contribution >= 4 is 27.9 Å². The van der Waals surface area contributed by atoms with Crippen LogP contribution in [0, 0.1) is 0 Å². The van der Waals surface area contributed by atoms with Crippen LogP contribution in [0.4, 0.5) is 5.82 Å². The van der Waals surface area contributed by atoms with E-state index in [1.165, 1.54) is 19.4 Å². The SMILES string of the molecule is CCCCN1CCC(Nc2ncnc3c2oc2ccccc23)CC1. The summed E-state index contributed by atoms with van der Waals surface area (Å²) in [5, 5.41) is 4.64. The van der Waals surface area contributed by atoms with Crippen LogP contribution in [-0.2, 0) is 0 Å². The number of piperidine rings is 1. The van der Waals surface area contributed by atoms with Gasteiger partial charge in [0.1, 0.15) is 17.4 Å². The molecule has 1 aliphatic heterocycles. The van der Waals surface area contributed by atoms with Crippen LogP contribution in [-0.4, -0.2) is 40.5 Å². The van der Waals surface area contributed by atoms with E-state index in [1.807, 2.05) is 24.3 Å². The Labute approximate surface area is 142 Å². The summed E-state index contributed by atoms with van der Waals surface area (Å²) in [4.78, 5) is 11.4. The largest absolute Gasteiger partial charge is 0.450 e. The van der Waals surface area contributed by atoms with Gasteiger partial charge in [-0.05, 0) is 37.9 Å². The van der Waals surface area contributed by atoms with Gasteiger partial charge in [-0.3, -0.25) is 0 Å². The normalized spacial score (nSPS) is 16.9. The summed E-state index contributed by atoms with van der Waals surface area (Å²) in [5.41, 5.74) is 2.53. The van der Waals surface area contributed by atoms with Gasteiger partial charge in [0.15, 0.2) is 11.4 Å². The molecule has 1 aromatic carbocycles. The molecule has 0 bridgehead atoms. The van der Waals surface area contributed by atoms with Crippen molar-refractivity contribution in [2.24, 2.45) is 0 Å². The second-order valence-corrected chi connectivity index (χ2v) is 6.61. The molecule has 126 valence electrons. The first-order chi connectivity index (χ1) is 11.8. The van der Waals surface area contributed by atoms with Crippen molar-refractivity contribution < 1.29 is 4.42 Å². The van der Waals surface area contributed by atoms with E-state index in [-0.39, 0.29) is 0 Å². The third-order valence-electron chi connectivity index (χ3n) is 4.91. The lowest BCUT2D eigenvalue weighted by atomic mass is 10.0. The summed E-state index contributed by atoms with van der Waals surface area (Å²) in [6.07, 6.45) is 6.49. The number of likely N-dealkylation sites (tertiary alicyclic amines) is 1. The van der Waals surface area contributed by atoms with Gasteiger partial charge in [-0.1, -0.05) is 25.5 Å². The van der Waals surface area contributed by atoms with E-state index in [9.17, 15) is 0 Å². The minimum Gasteiger partial charge on any atom is -0.450 e. The van der Waals surface area contributed by atoms with Crippen molar-refractivity contribution in [3.8, 4) is 0 Å². The summed E-state index contributed by atoms with van der Waals surface area (Å²) >= 11 is 0. The molecule has 1 fully saturated rings. The van der Waals surface area contributed by atoms with Gasteiger partial charge in [-0.15, -0.1) is 0 Å². The molecule has 0 atom stereocenters. The van der Waals surface area contributed by atoms with Crippen LogP contribution < -0.4 is 5.32 Å². The van der Waals surface area contributed by atoms with Crippen molar-refractivity contribution in [2.75, 3.05) is 25.0 Å². The Balaban J connectivity index is 1.51. The molecule has 1 N–H and O–H groups in total. The first-order valence-corrected chi connectivity index (χ1v) is 8.96. The van der Waals surface area contributed by atoms with Gasteiger partial charge < -0.3 is 14.6 Å². The van der Waals surface area contributed by atoms with E-state index in [4.69, 9.17) is 4.42 Å². The van der Waals surface area contributed by atoms with E-state index in [2.05, 4.69) is 27.1 Å². The number of anilines is 1. The lowest BCUT2D eigenvalue weighted by Gasteiger charge is -2.32. The zero-order chi connectivity index (χ0) is 16.4. The summed E-state index contributed by atoms with van der Waals surface area (Å²) in [6, 6.07) is 8.47. The van der Waals surface area contributed by atoms with Crippen molar-refractivity contribution in [3.05, 3.63) is 30.6 Å². The van der Waals surface area contributed by atoms with Gasteiger partial charge >= 0.3 is 0 Å². The van der Waals surface area contributed by atoms with Crippen LogP contribution in [0.15, 0.2) is 35.0 Å². The third kappa shape index (κ3) is 2.96. The summed E-state index contributed by atoms with van der Waals surface area (Å²) in [7, 11) is 0. The Hall–Kier alpha value is -2.14. The molecule has 5 nitrogen and oxygen atoms in total. The fourth-order valence-corrected chi connectivity index (χ4v) is 3.50. The fourth-order valence-electron chi connectivity index (χ4n) is 3.50. The van der Waals surface area contributed by atoms with Crippen LogP contribution in [0.1, 0.15) is 32.6 Å². The molecule has 2 aromatic heterocycles. The van der Waals surface area contributed by atoms with E-state index in [0.717, 1.165) is 53.8 Å². The molecule has 1 aliphatic rings. The topological polar surface area (TPSA) is 54.2 Å². The average Bonchev–Trinajstić information content (AvgIpc) is 3.01. The number of fused-ring (bicyclic) bond motifs is 3. The van der Waals surface area contributed by atoms with Crippen LogP contribution >= 0.6 is 0 Å². The minimum absolute atomic E-state index is 0.453. The Morgan fingerprint density at radius 2 is 2.04 bits per heavy atom. The Bertz CT molecular complexity index is 820. The first kappa shape index (κ1) is 15.4. The first-order valence-electron chi connectivity index (χ1n) is 8.96. The number of para-hydroxylation sites is 1. The number of nitrogens with zero attached hydrogens (tertiary/aromatic N) is 3. The highest BCUT2D eigenvalue weighted by Gasteiger charge is 2.21. The van der Waals surface area contributed by atoms with Crippen LogP contribution in [0.2, 0.25) is 0 Å². The number of hydrogen-bond donors (Lipinski definition) is 1. The predicted octanol–water partition coefficient (Wildman–Crippen LogP) is 4.05. The van der Waals surface area contributed by atoms with Gasteiger partial charge in [0, 0.05) is 24.5 Å². The number of benzene rings is 1. The Morgan fingerprint density at radius 3 is 2.88 bits per heavy atom. The van der Waals surface area contributed by atoms with E-state index in [0.29, 0.717) is 6.04 Å². The summed E-state index contributed by atoms with van der Waals surface area (Å²) in [6.45, 7) is 5.80. The van der Waals surface area contributed by atoms with Crippen LogP contribution in [0.25, 0.3) is 22.1 Å². The molecule has 0 amide bonds. The zero-order valence-corrected chi connectivity index (χ0v) is 14.2. The quantitative estimate of drug-likeness (QED) is 0.767. The maximum atomic E-state index is 6.00. The van der Waals surface area contributed by atoms with Crippen molar-refractivity contribution in [3.63, 3.8) is 0 Å². The lowest BCUT2D eigenvalue weighted by molar-refractivity contribution is 0.216. The maximum Gasteiger partial charge on any atom is 0.196 e. The molecule has 5 heteroatoms. The number of aromatic nitrogens is 2. The number of hydrogen-bond acceptors (Lipinski definition) is 5. The van der Waals surface area contributed by atoms with E-state index >= 15 is 0 Å². The molecule has 24 heavy (non-hydrogen) atoms. The van der Waals surface area contributed by atoms with Gasteiger partial charge in [-0.2, -0.15) is 0 Å². The number of unbranched alkanes of at least 4 members (excludes halogenated alkanes) is 1. The molecule has 0 spiro atoms. The van der Waals surface area contributed by atoms with Gasteiger partial charge in [0.25, 0.3) is 0 Å². The monoisotopic (exact) mass is 324 g/mol. The van der Waals surface area contributed by atoms with Crippen molar-refractivity contribution in [1.29, 1.82) is 0 Å². The summed E-state index contributed by atoms with van der Waals surface area (Å²) in [5.74, 6) is 0.822. The molecule has 4 rings (SSSR count). The maximum absolute atomic E-state index is 6.00. The number of nitrogens with one attached hydrogen (secondary N) is 1. The van der Waals surface area contributed by atoms with Crippen LogP contribution in [0.5, 0.6) is 0 Å². The zero-order valence-electron chi connectivity index (χ0n) is 14.2. The third-order valence-corrected chi connectivity index (χ3v) is 4.91. The molecule has 1 saturated heterocycles. The molecule has 0 unspecified atom stereocenters. The fraction of sp³-hybridized carbons (Fsp3) is 0.474. The van der Waals surface area contributed by atoms with Gasteiger partial charge in [0.2, 0.25) is 0 Å². The molecule has 3 aromatic rings.